The minimum atomic E-state index is -1.28. The topological polar surface area (TPSA) is 78.9 Å². The van der Waals surface area contributed by atoms with Gasteiger partial charge in [0, 0.05) is 25.6 Å². The summed E-state index contributed by atoms with van der Waals surface area (Å²) in [6.45, 7) is 6.23. The van der Waals surface area contributed by atoms with Gasteiger partial charge in [-0.05, 0) is 20.3 Å². The van der Waals surface area contributed by atoms with Crippen LogP contribution in [0.25, 0.3) is 0 Å². The molecule has 0 aromatic heterocycles. The number of rotatable bonds is 4. The normalized spacial score (nSPS) is 23.8. The maximum atomic E-state index is 12.1. The quantitative estimate of drug-likeness (QED) is 0.790. The van der Waals surface area contributed by atoms with Gasteiger partial charge in [-0.25, -0.2) is 9.59 Å². The van der Waals surface area contributed by atoms with E-state index in [0.717, 1.165) is 6.42 Å². The van der Waals surface area contributed by atoms with Gasteiger partial charge < -0.3 is 20.1 Å². The van der Waals surface area contributed by atoms with E-state index >= 15 is 0 Å². The number of amides is 2. The highest BCUT2D eigenvalue weighted by atomic mass is 16.5. The maximum absolute atomic E-state index is 12.1. The summed E-state index contributed by atoms with van der Waals surface area (Å²) in [5, 5.41) is 11.8. The molecule has 1 heterocycles. The first kappa shape index (κ1) is 14.8. The number of carboxylic acid groups (broad SMARTS) is 1. The molecule has 0 aromatic rings. The molecule has 0 aromatic carbocycles. The van der Waals surface area contributed by atoms with Gasteiger partial charge in [0.2, 0.25) is 0 Å². The summed E-state index contributed by atoms with van der Waals surface area (Å²) in [6, 6.07) is -0.380. The summed E-state index contributed by atoms with van der Waals surface area (Å²) in [7, 11) is 1.67. The lowest BCUT2D eigenvalue weighted by atomic mass is 9.98. The SMILES string of the molecule is CCC(C)(C)N(C)C(=O)NC1(C(=O)O)CCOC1. The summed E-state index contributed by atoms with van der Waals surface area (Å²) >= 11 is 0. The number of carboxylic acids is 1. The number of aliphatic carboxylic acids is 1. The molecule has 1 aliphatic heterocycles. The molecule has 0 radical (unpaired) electrons. The van der Waals surface area contributed by atoms with Gasteiger partial charge in [-0.2, -0.15) is 0 Å². The van der Waals surface area contributed by atoms with Crippen molar-refractivity contribution in [2.45, 2.75) is 44.7 Å². The highest BCUT2D eigenvalue weighted by Crippen LogP contribution is 2.22. The number of nitrogens with one attached hydrogen (secondary N) is 1. The molecule has 0 aliphatic carbocycles. The zero-order valence-electron chi connectivity index (χ0n) is 11.4. The first-order valence-electron chi connectivity index (χ1n) is 6.12. The van der Waals surface area contributed by atoms with Crippen molar-refractivity contribution in [2.24, 2.45) is 0 Å². The molecule has 0 saturated carbocycles. The molecule has 2 N–H and O–H groups in total. The van der Waals surface area contributed by atoms with Crippen LogP contribution < -0.4 is 5.32 Å². The molecule has 6 heteroatoms. The van der Waals surface area contributed by atoms with E-state index < -0.39 is 11.5 Å². The largest absolute Gasteiger partial charge is 0.479 e. The molecule has 1 unspecified atom stereocenters. The van der Waals surface area contributed by atoms with Gasteiger partial charge in [-0.1, -0.05) is 6.92 Å². The molecule has 1 rings (SSSR count). The van der Waals surface area contributed by atoms with E-state index in [9.17, 15) is 14.7 Å². The Morgan fingerprint density at radius 3 is 2.50 bits per heavy atom. The van der Waals surface area contributed by atoms with Crippen molar-refractivity contribution in [1.82, 2.24) is 10.2 Å². The summed E-state index contributed by atoms with van der Waals surface area (Å²) in [4.78, 5) is 24.9. The average molecular weight is 258 g/mol. The predicted octanol–water partition coefficient (Wildman–Crippen LogP) is 1.06. The van der Waals surface area contributed by atoms with Gasteiger partial charge in [0.1, 0.15) is 0 Å². The van der Waals surface area contributed by atoms with E-state index in [1.807, 2.05) is 20.8 Å². The van der Waals surface area contributed by atoms with Crippen molar-refractivity contribution in [1.29, 1.82) is 0 Å². The lowest BCUT2D eigenvalue weighted by molar-refractivity contribution is -0.144. The van der Waals surface area contributed by atoms with Gasteiger partial charge in [-0.15, -0.1) is 0 Å². The van der Waals surface area contributed by atoms with Crippen LogP contribution in [-0.4, -0.2) is 53.3 Å². The number of carbonyl (C=O) groups is 2. The predicted molar refractivity (Wildman–Crippen MR) is 66.5 cm³/mol. The van der Waals surface area contributed by atoms with E-state index in [1.165, 1.54) is 4.90 Å². The Morgan fingerprint density at radius 2 is 2.11 bits per heavy atom. The average Bonchev–Trinajstić information content (AvgIpc) is 2.77. The van der Waals surface area contributed by atoms with Crippen molar-refractivity contribution in [3.63, 3.8) is 0 Å². The fourth-order valence-corrected chi connectivity index (χ4v) is 1.69. The Bertz CT molecular complexity index is 335. The van der Waals surface area contributed by atoms with Crippen LogP contribution in [0, 0.1) is 0 Å². The van der Waals surface area contributed by atoms with Crippen molar-refractivity contribution in [3.05, 3.63) is 0 Å². The molecule has 18 heavy (non-hydrogen) atoms. The second kappa shape index (κ2) is 5.14. The maximum Gasteiger partial charge on any atom is 0.332 e. The number of ether oxygens (including phenoxy) is 1. The van der Waals surface area contributed by atoms with Crippen molar-refractivity contribution in [3.8, 4) is 0 Å². The van der Waals surface area contributed by atoms with Crippen LogP contribution in [0.15, 0.2) is 0 Å². The molecule has 1 aliphatic rings. The van der Waals surface area contributed by atoms with Crippen molar-refractivity contribution >= 4 is 12.0 Å². The molecule has 1 fully saturated rings. The minimum absolute atomic E-state index is 0.0223. The summed E-state index contributed by atoms with van der Waals surface area (Å²) < 4.78 is 5.10. The Hall–Kier alpha value is -1.30. The molecule has 2 amide bonds. The van der Waals surface area contributed by atoms with E-state index in [-0.39, 0.29) is 18.2 Å². The smallest absolute Gasteiger partial charge is 0.332 e. The van der Waals surface area contributed by atoms with Gasteiger partial charge >= 0.3 is 12.0 Å². The van der Waals surface area contributed by atoms with Crippen LogP contribution in [0.5, 0.6) is 0 Å². The van der Waals surface area contributed by atoms with Crippen molar-refractivity contribution < 1.29 is 19.4 Å². The Kier molecular flexibility index (Phi) is 4.21. The van der Waals surface area contributed by atoms with Gasteiger partial charge in [0.05, 0.1) is 6.61 Å². The van der Waals surface area contributed by atoms with Crippen LogP contribution in [-0.2, 0) is 9.53 Å². The van der Waals surface area contributed by atoms with Crippen LogP contribution in [0.4, 0.5) is 4.79 Å². The third-order valence-electron chi connectivity index (χ3n) is 3.86. The first-order chi connectivity index (χ1) is 8.25. The van der Waals surface area contributed by atoms with Crippen LogP contribution in [0.3, 0.4) is 0 Å². The number of nitrogens with zero attached hydrogens (tertiary/aromatic N) is 1. The Labute approximate surface area is 107 Å². The van der Waals surface area contributed by atoms with Crippen LogP contribution >= 0.6 is 0 Å². The molecule has 1 saturated heterocycles. The van der Waals surface area contributed by atoms with E-state index in [0.29, 0.717) is 13.0 Å². The molecular weight excluding hydrogens is 236 g/mol. The van der Waals surface area contributed by atoms with Gasteiger partial charge in [0.25, 0.3) is 0 Å². The molecule has 0 bridgehead atoms. The fraction of sp³-hybridized carbons (Fsp3) is 0.833. The van der Waals surface area contributed by atoms with E-state index in [1.54, 1.807) is 7.05 Å². The van der Waals surface area contributed by atoms with E-state index in [4.69, 9.17) is 4.74 Å². The number of hydrogen-bond acceptors (Lipinski definition) is 3. The molecule has 6 nitrogen and oxygen atoms in total. The summed E-state index contributed by atoms with van der Waals surface area (Å²) in [6.07, 6.45) is 1.09. The second-order valence-electron chi connectivity index (χ2n) is 5.35. The standard InChI is InChI=1S/C12H22N2O4/c1-5-11(2,3)14(4)10(17)13-12(9(15)16)6-7-18-8-12/h5-8H2,1-4H3,(H,13,17)(H,15,16). The number of urea groups is 1. The van der Waals surface area contributed by atoms with E-state index in [2.05, 4.69) is 5.32 Å². The zero-order chi connectivity index (χ0) is 14.0. The van der Waals surface area contributed by atoms with Crippen LogP contribution in [0.2, 0.25) is 0 Å². The third kappa shape index (κ3) is 2.75. The highest BCUT2D eigenvalue weighted by Gasteiger charge is 2.45. The molecule has 0 spiro atoms. The van der Waals surface area contributed by atoms with Crippen molar-refractivity contribution in [2.75, 3.05) is 20.3 Å². The zero-order valence-corrected chi connectivity index (χ0v) is 11.4. The van der Waals surface area contributed by atoms with Gasteiger partial charge in [0.15, 0.2) is 5.54 Å². The number of hydrogen-bond donors (Lipinski definition) is 2. The molecular formula is C12H22N2O4. The Balaban J connectivity index is 2.77. The summed E-state index contributed by atoms with van der Waals surface area (Å²) in [5.74, 6) is -1.05. The summed E-state index contributed by atoms with van der Waals surface area (Å²) in [5.41, 5.74) is -1.60. The first-order valence-corrected chi connectivity index (χ1v) is 6.12. The number of carbonyl (C=O) groups excluding carboxylic acids is 1. The second-order valence-corrected chi connectivity index (χ2v) is 5.35. The molecule has 1 atom stereocenters. The fourth-order valence-electron chi connectivity index (χ4n) is 1.69. The Morgan fingerprint density at radius 1 is 1.50 bits per heavy atom. The third-order valence-corrected chi connectivity index (χ3v) is 3.86. The van der Waals surface area contributed by atoms with Crippen LogP contribution in [0.1, 0.15) is 33.6 Å². The lowest BCUT2D eigenvalue weighted by Crippen LogP contribution is -2.60. The lowest BCUT2D eigenvalue weighted by Gasteiger charge is -2.37. The molecule has 104 valence electrons. The highest BCUT2D eigenvalue weighted by molar-refractivity contribution is 5.86. The minimum Gasteiger partial charge on any atom is -0.479 e. The van der Waals surface area contributed by atoms with Gasteiger partial charge in [-0.3, -0.25) is 0 Å². The monoisotopic (exact) mass is 258 g/mol.